The molecule has 3 rings (SSSR count). The number of aliphatic hydroxyl groups is 1. The number of piperazine rings is 1. The third kappa shape index (κ3) is 2.96. The molecule has 1 aromatic rings. The molecule has 120 valence electrons. The van der Waals surface area contributed by atoms with Gasteiger partial charge in [0.1, 0.15) is 5.75 Å². The Labute approximate surface area is 131 Å². The molecule has 2 aliphatic heterocycles. The number of para-hydroxylation sites is 2. The van der Waals surface area contributed by atoms with Crippen LogP contribution < -0.4 is 9.64 Å². The van der Waals surface area contributed by atoms with Gasteiger partial charge in [-0.15, -0.1) is 0 Å². The monoisotopic (exact) mass is 304 g/mol. The van der Waals surface area contributed by atoms with Gasteiger partial charge in [0.2, 0.25) is 5.91 Å². The van der Waals surface area contributed by atoms with Crippen LogP contribution >= 0.6 is 0 Å². The highest BCUT2D eigenvalue weighted by molar-refractivity contribution is 5.99. The first-order valence-electron chi connectivity index (χ1n) is 8.09. The summed E-state index contributed by atoms with van der Waals surface area (Å²) in [6.45, 7) is 5.10. The van der Waals surface area contributed by atoms with Crippen molar-refractivity contribution in [3.8, 4) is 5.75 Å². The van der Waals surface area contributed by atoms with Crippen molar-refractivity contribution in [2.24, 2.45) is 5.92 Å². The lowest BCUT2D eigenvalue weighted by molar-refractivity contribution is -0.126. The topological polar surface area (TPSA) is 53.0 Å². The molecule has 2 aliphatic rings. The Morgan fingerprint density at radius 1 is 1.36 bits per heavy atom. The van der Waals surface area contributed by atoms with Crippen LogP contribution in [0.5, 0.6) is 5.75 Å². The Hall–Kier alpha value is -1.59. The second-order valence-electron chi connectivity index (χ2n) is 6.25. The number of carbonyl (C=O) groups is 1. The van der Waals surface area contributed by atoms with Crippen molar-refractivity contribution in [3.05, 3.63) is 24.3 Å². The molecule has 1 amide bonds. The van der Waals surface area contributed by atoms with E-state index in [0.717, 1.165) is 37.4 Å². The number of nitrogens with zero attached hydrogens (tertiary/aromatic N) is 2. The minimum Gasteiger partial charge on any atom is -0.491 e. The van der Waals surface area contributed by atoms with Crippen molar-refractivity contribution >= 4 is 11.6 Å². The predicted octanol–water partition coefficient (Wildman–Crippen LogP) is 1.50. The van der Waals surface area contributed by atoms with Crippen LogP contribution in [0.15, 0.2) is 24.3 Å². The van der Waals surface area contributed by atoms with E-state index in [-0.39, 0.29) is 24.5 Å². The summed E-state index contributed by atoms with van der Waals surface area (Å²) >= 11 is 0. The van der Waals surface area contributed by atoms with Gasteiger partial charge in [-0.05, 0) is 30.9 Å². The number of aliphatic hydroxyl groups excluding tert-OH is 1. The predicted molar refractivity (Wildman–Crippen MR) is 85.1 cm³/mol. The van der Waals surface area contributed by atoms with Crippen molar-refractivity contribution in [3.63, 3.8) is 0 Å². The van der Waals surface area contributed by atoms with Gasteiger partial charge in [0.25, 0.3) is 0 Å². The standard InChI is InChI=1S/C17H24N2O3/c1-13(12-20)11-18-8-9-19-14-5-2-3-7-16(14)22-10-4-6-15(18)17(19)21/h2-3,5,7,13,15,20H,4,6,8-12H2,1H3. The molecule has 1 saturated heterocycles. The number of benzene rings is 1. The van der Waals surface area contributed by atoms with Crippen LogP contribution in [0, 0.1) is 5.92 Å². The van der Waals surface area contributed by atoms with Gasteiger partial charge in [0, 0.05) is 26.2 Å². The highest BCUT2D eigenvalue weighted by Crippen LogP contribution is 2.32. The number of amides is 1. The van der Waals surface area contributed by atoms with Crippen LogP contribution in [-0.2, 0) is 4.79 Å². The maximum absolute atomic E-state index is 12.9. The summed E-state index contributed by atoms with van der Waals surface area (Å²) < 4.78 is 5.85. The third-order valence-corrected chi connectivity index (χ3v) is 4.50. The first-order chi connectivity index (χ1) is 10.7. The summed E-state index contributed by atoms with van der Waals surface area (Å²) in [6.07, 6.45) is 1.67. The van der Waals surface area contributed by atoms with E-state index in [0.29, 0.717) is 13.2 Å². The van der Waals surface area contributed by atoms with E-state index in [2.05, 4.69) is 4.90 Å². The van der Waals surface area contributed by atoms with Gasteiger partial charge in [-0.2, -0.15) is 0 Å². The largest absolute Gasteiger partial charge is 0.491 e. The summed E-state index contributed by atoms with van der Waals surface area (Å²) in [5, 5.41) is 9.29. The molecule has 1 aromatic carbocycles. The Morgan fingerprint density at radius 2 is 2.18 bits per heavy atom. The summed E-state index contributed by atoms with van der Waals surface area (Å²) in [5.41, 5.74) is 0.884. The summed E-state index contributed by atoms with van der Waals surface area (Å²) in [7, 11) is 0. The smallest absolute Gasteiger partial charge is 0.244 e. The van der Waals surface area contributed by atoms with Crippen LogP contribution in [0.4, 0.5) is 5.69 Å². The number of carbonyl (C=O) groups excluding carboxylic acids is 1. The lowest BCUT2D eigenvalue weighted by atomic mass is 10.0. The quantitative estimate of drug-likeness (QED) is 0.919. The number of rotatable bonds is 3. The van der Waals surface area contributed by atoms with E-state index >= 15 is 0 Å². The molecule has 2 heterocycles. The zero-order chi connectivity index (χ0) is 15.5. The van der Waals surface area contributed by atoms with E-state index in [1.807, 2.05) is 36.1 Å². The first kappa shape index (κ1) is 15.3. The van der Waals surface area contributed by atoms with E-state index in [9.17, 15) is 9.90 Å². The molecule has 0 radical (unpaired) electrons. The fourth-order valence-electron chi connectivity index (χ4n) is 3.31. The van der Waals surface area contributed by atoms with Gasteiger partial charge in [0.05, 0.1) is 18.3 Å². The average molecular weight is 304 g/mol. The minimum atomic E-state index is -0.0995. The molecule has 0 saturated carbocycles. The van der Waals surface area contributed by atoms with Crippen molar-refractivity contribution < 1.29 is 14.6 Å². The summed E-state index contributed by atoms with van der Waals surface area (Å²) in [4.78, 5) is 17.0. The maximum Gasteiger partial charge on any atom is 0.244 e. The minimum absolute atomic E-state index is 0.0995. The van der Waals surface area contributed by atoms with Gasteiger partial charge >= 0.3 is 0 Å². The second-order valence-corrected chi connectivity index (χ2v) is 6.25. The van der Waals surface area contributed by atoms with Gasteiger partial charge in [-0.1, -0.05) is 19.1 Å². The molecule has 5 nitrogen and oxygen atoms in total. The highest BCUT2D eigenvalue weighted by Gasteiger charge is 2.37. The molecule has 1 N–H and O–H groups in total. The second kappa shape index (κ2) is 6.67. The zero-order valence-corrected chi connectivity index (χ0v) is 13.1. The fraction of sp³-hybridized carbons (Fsp3) is 0.588. The van der Waals surface area contributed by atoms with E-state index in [4.69, 9.17) is 4.74 Å². The summed E-state index contributed by atoms with van der Waals surface area (Å²) in [6, 6.07) is 7.68. The molecule has 0 aliphatic carbocycles. The average Bonchev–Trinajstić information content (AvgIpc) is 2.57. The SMILES string of the molecule is CC(CO)CN1CCN2C(=O)C1CCCOc1ccccc12. The van der Waals surface area contributed by atoms with Crippen LogP contribution in [0.3, 0.4) is 0 Å². The van der Waals surface area contributed by atoms with Crippen LogP contribution in [-0.4, -0.2) is 54.8 Å². The zero-order valence-electron chi connectivity index (χ0n) is 13.1. The molecule has 5 heteroatoms. The van der Waals surface area contributed by atoms with Crippen molar-refractivity contribution in [2.75, 3.05) is 37.7 Å². The van der Waals surface area contributed by atoms with Crippen LogP contribution in [0.2, 0.25) is 0 Å². The molecule has 22 heavy (non-hydrogen) atoms. The van der Waals surface area contributed by atoms with E-state index in [1.54, 1.807) is 0 Å². The molecule has 0 aromatic heterocycles. The van der Waals surface area contributed by atoms with Crippen molar-refractivity contribution in [2.45, 2.75) is 25.8 Å². The van der Waals surface area contributed by atoms with Gasteiger partial charge in [0.15, 0.2) is 0 Å². The normalized spacial score (nSPS) is 23.8. The lowest BCUT2D eigenvalue weighted by Crippen LogP contribution is -2.58. The lowest BCUT2D eigenvalue weighted by Gasteiger charge is -2.41. The molecule has 2 unspecified atom stereocenters. The van der Waals surface area contributed by atoms with E-state index in [1.165, 1.54) is 0 Å². The third-order valence-electron chi connectivity index (χ3n) is 4.50. The number of fused-ring (bicyclic) bond motifs is 4. The van der Waals surface area contributed by atoms with Crippen LogP contribution in [0.1, 0.15) is 19.8 Å². The Bertz CT molecular complexity index is 534. The number of anilines is 1. The highest BCUT2D eigenvalue weighted by atomic mass is 16.5. The molecule has 0 spiro atoms. The van der Waals surface area contributed by atoms with Gasteiger partial charge < -0.3 is 14.7 Å². The van der Waals surface area contributed by atoms with E-state index < -0.39 is 0 Å². The number of hydrogen-bond donors (Lipinski definition) is 1. The van der Waals surface area contributed by atoms with Crippen LogP contribution in [0.25, 0.3) is 0 Å². The molecule has 1 fully saturated rings. The van der Waals surface area contributed by atoms with Crippen molar-refractivity contribution in [1.29, 1.82) is 0 Å². The molecule has 2 bridgehead atoms. The fourth-order valence-corrected chi connectivity index (χ4v) is 3.31. The number of ether oxygens (including phenoxy) is 1. The molecule has 2 atom stereocenters. The summed E-state index contributed by atoms with van der Waals surface area (Å²) in [5.74, 6) is 1.15. The van der Waals surface area contributed by atoms with Gasteiger partial charge in [-0.3, -0.25) is 9.69 Å². The molecular formula is C17H24N2O3. The number of hydrogen-bond acceptors (Lipinski definition) is 4. The Kier molecular flexibility index (Phi) is 4.64. The maximum atomic E-state index is 12.9. The Balaban J connectivity index is 1.87. The van der Waals surface area contributed by atoms with Crippen molar-refractivity contribution in [1.82, 2.24) is 4.90 Å². The van der Waals surface area contributed by atoms with Gasteiger partial charge in [-0.25, -0.2) is 0 Å². The first-order valence-corrected chi connectivity index (χ1v) is 8.09. The molecular weight excluding hydrogens is 280 g/mol. The Morgan fingerprint density at radius 3 is 3.00 bits per heavy atom.